The van der Waals surface area contributed by atoms with Crippen LogP contribution in [0.5, 0.6) is 17.2 Å². The average Bonchev–Trinajstić information content (AvgIpc) is 3.26. The van der Waals surface area contributed by atoms with Gasteiger partial charge in [-0.1, -0.05) is 25.1 Å². The van der Waals surface area contributed by atoms with Crippen LogP contribution in [-0.2, 0) is 16.0 Å². The van der Waals surface area contributed by atoms with Gasteiger partial charge in [-0.3, -0.25) is 9.59 Å². The van der Waals surface area contributed by atoms with Gasteiger partial charge < -0.3 is 29.0 Å². The number of carbonyl (C=O) groups is 2. The van der Waals surface area contributed by atoms with Gasteiger partial charge in [0.2, 0.25) is 17.6 Å². The Bertz CT molecular complexity index is 1270. The molecule has 2 aromatic carbocycles. The van der Waals surface area contributed by atoms with Gasteiger partial charge in [-0.25, -0.2) is 0 Å². The van der Waals surface area contributed by atoms with E-state index in [1.807, 2.05) is 44.2 Å². The van der Waals surface area contributed by atoms with Crippen molar-refractivity contribution in [2.75, 3.05) is 27.9 Å². The first-order valence-electron chi connectivity index (χ1n) is 11.9. The second-order valence-electron chi connectivity index (χ2n) is 9.17. The van der Waals surface area contributed by atoms with Gasteiger partial charge in [-0.15, -0.1) is 0 Å². The van der Waals surface area contributed by atoms with Crippen LogP contribution in [0.25, 0.3) is 10.9 Å². The van der Waals surface area contributed by atoms with Crippen LogP contribution < -0.4 is 14.2 Å². The van der Waals surface area contributed by atoms with Crippen LogP contribution in [-0.4, -0.2) is 66.6 Å². The van der Waals surface area contributed by atoms with Crippen LogP contribution in [0.3, 0.4) is 0 Å². The molecule has 35 heavy (non-hydrogen) atoms. The van der Waals surface area contributed by atoms with Crippen molar-refractivity contribution in [2.45, 2.75) is 44.8 Å². The third-order valence-electron chi connectivity index (χ3n) is 7.42. The summed E-state index contributed by atoms with van der Waals surface area (Å²) < 4.78 is 16.7. The zero-order valence-electron chi connectivity index (χ0n) is 20.8. The minimum atomic E-state index is -0.582. The van der Waals surface area contributed by atoms with Crippen molar-refractivity contribution in [3.05, 3.63) is 53.2 Å². The smallest absolute Gasteiger partial charge is 0.246 e. The van der Waals surface area contributed by atoms with Crippen LogP contribution in [0.2, 0.25) is 0 Å². The van der Waals surface area contributed by atoms with Crippen molar-refractivity contribution in [1.82, 2.24) is 14.8 Å². The first kappa shape index (κ1) is 23.1. The monoisotopic (exact) mass is 477 g/mol. The molecule has 0 bridgehead atoms. The van der Waals surface area contributed by atoms with Gasteiger partial charge in [-0.05, 0) is 42.7 Å². The van der Waals surface area contributed by atoms with Crippen molar-refractivity contribution >= 4 is 22.7 Å². The Morgan fingerprint density at radius 2 is 1.74 bits per heavy atom. The van der Waals surface area contributed by atoms with E-state index in [1.54, 1.807) is 31.1 Å². The Kier molecular flexibility index (Phi) is 5.83. The number of nitrogens with one attached hydrogen (secondary N) is 1. The van der Waals surface area contributed by atoms with E-state index in [4.69, 9.17) is 14.2 Å². The largest absolute Gasteiger partial charge is 0.493 e. The molecule has 2 aliphatic rings. The molecule has 2 amide bonds. The zero-order chi connectivity index (χ0) is 24.9. The van der Waals surface area contributed by atoms with Gasteiger partial charge in [-0.2, -0.15) is 0 Å². The number of hydrogen-bond donors (Lipinski definition) is 1. The highest BCUT2D eigenvalue weighted by molar-refractivity contribution is 5.98. The maximum Gasteiger partial charge on any atom is 0.246 e. The summed E-state index contributed by atoms with van der Waals surface area (Å²) in [4.78, 5) is 34.5. The molecule has 0 spiro atoms. The molecule has 2 aliphatic heterocycles. The lowest BCUT2D eigenvalue weighted by atomic mass is 9.85. The van der Waals surface area contributed by atoms with E-state index in [0.29, 0.717) is 23.7 Å². The molecule has 3 atom stereocenters. The highest BCUT2D eigenvalue weighted by Gasteiger charge is 2.49. The summed E-state index contributed by atoms with van der Waals surface area (Å²) in [5.74, 6) is 1.40. The molecule has 0 radical (unpaired) electrons. The fourth-order valence-corrected chi connectivity index (χ4v) is 5.49. The lowest BCUT2D eigenvalue weighted by molar-refractivity contribution is -0.160. The molecule has 5 rings (SSSR count). The van der Waals surface area contributed by atoms with Crippen LogP contribution in [0.1, 0.15) is 43.1 Å². The number of H-pyrrole nitrogens is 1. The number of fused-ring (bicyclic) bond motifs is 4. The minimum Gasteiger partial charge on any atom is -0.493 e. The third kappa shape index (κ3) is 3.50. The van der Waals surface area contributed by atoms with E-state index >= 15 is 0 Å². The summed E-state index contributed by atoms with van der Waals surface area (Å²) in [5.41, 5.74) is 3.74. The maximum absolute atomic E-state index is 13.7. The van der Waals surface area contributed by atoms with Crippen LogP contribution in [0.4, 0.5) is 0 Å². The molecule has 1 saturated heterocycles. The summed E-state index contributed by atoms with van der Waals surface area (Å²) in [7, 11) is 4.69. The Balaban J connectivity index is 1.74. The maximum atomic E-state index is 13.7. The molecule has 3 aromatic rings. The predicted molar refractivity (Wildman–Crippen MR) is 132 cm³/mol. The van der Waals surface area contributed by atoms with Crippen LogP contribution in [0, 0.1) is 0 Å². The standard InChI is InChI=1S/C27H31N3O5/c1-6-15(2)29-14-23(31)30-20(27(29)32)13-18-17-9-7-8-10-19(17)28-24(18)25(30)16-11-21(33-3)26(35-5)22(12-16)34-4/h7-12,15,20,25,28H,6,13-14H2,1-5H3/t15-,20-,25+/m0/s1. The van der Waals surface area contributed by atoms with Gasteiger partial charge >= 0.3 is 0 Å². The fraction of sp³-hybridized carbons (Fsp3) is 0.407. The van der Waals surface area contributed by atoms with Crippen LogP contribution in [0.15, 0.2) is 36.4 Å². The minimum absolute atomic E-state index is 0.00223. The number of ether oxygens (including phenoxy) is 3. The van der Waals surface area contributed by atoms with Crippen molar-refractivity contribution in [1.29, 1.82) is 0 Å². The second-order valence-corrected chi connectivity index (χ2v) is 9.17. The van der Waals surface area contributed by atoms with E-state index in [2.05, 4.69) is 11.1 Å². The predicted octanol–water partition coefficient (Wildman–Crippen LogP) is 3.68. The molecule has 184 valence electrons. The molecule has 8 nitrogen and oxygen atoms in total. The molecule has 1 N–H and O–H groups in total. The number of methoxy groups -OCH3 is 3. The fourth-order valence-electron chi connectivity index (χ4n) is 5.49. The van der Waals surface area contributed by atoms with E-state index in [-0.39, 0.29) is 24.4 Å². The van der Waals surface area contributed by atoms with E-state index in [9.17, 15) is 9.59 Å². The Morgan fingerprint density at radius 1 is 1.06 bits per heavy atom. The number of amides is 2. The summed E-state index contributed by atoms with van der Waals surface area (Å²) >= 11 is 0. The number of hydrogen-bond acceptors (Lipinski definition) is 5. The summed E-state index contributed by atoms with van der Waals surface area (Å²) in [6.07, 6.45) is 1.26. The normalized spacial score (nSPS) is 20.5. The number of benzene rings is 2. The third-order valence-corrected chi connectivity index (χ3v) is 7.42. The number of aromatic nitrogens is 1. The van der Waals surface area contributed by atoms with Gasteiger partial charge in [0.05, 0.1) is 27.4 Å². The number of piperazine rings is 1. The Labute approximate surface area is 204 Å². The summed E-state index contributed by atoms with van der Waals surface area (Å²) in [6.45, 7) is 4.10. The van der Waals surface area contributed by atoms with E-state index < -0.39 is 12.1 Å². The zero-order valence-corrected chi connectivity index (χ0v) is 20.8. The van der Waals surface area contributed by atoms with Gasteiger partial charge in [0.25, 0.3) is 0 Å². The lowest BCUT2D eigenvalue weighted by Crippen LogP contribution is -2.64. The van der Waals surface area contributed by atoms with E-state index in [1.165, 1.54) is 0 Å². The van der Waals surface area contributed by atoms with Crippen molar-refractivity contribution in [2.24, 2.45) is 0 Å². The second kappa shape index (κ2) is 8.83. The highest BCUT2D eigenvalue weighted by Crippen LogP contribution is 2.47. The molecule has 1 fully saturated rings. The van der Waals surface area contributed by atoms with Crippen molar-refractivity contribution in [3.8, 4) is 17.2 Å². The number of carbonyl (C=O) groups excluding carboxylic acids is 2. The highest BCUT2D eigenvalue weighted by atomic mass is 16.5. The van der Waals surface area contributed by atoms with Gasteiger partial charge in [0.1, 0.15) is 12.6 Å². The molecule has 0 saturated carbocycles. The summed E-state index contributed by atoms with van der Waals surface area (Å²) in [5, 5.41) is 1.07. The van der Waals surface area contributed by atoms with Crippen molar-refractivity contribution < 1.29 is 23.8 Å². The number of nitrogens with zero attached hydrogens (tertiary/aromatic N) is 2. The first-order chi connectivity index (χ1) is 16.9. The Morgan fingerprint density at radius 3 is 2.37 bits per heavy atom. The quantitative estimate of drug-likeness (QED) is 0.586. The molecule has 1 aromatic heterocycles. The van der Waals surface area contributed by atoms with E-state index in [0.717, 1.165) is 34.1 Å². The van der Waals surface area contributed by atoms with Gasteiger partial charge in [0.15, 0.2) is 11.5 Å². The van der Waals surface area contributed by atoms with Crippen molar-refractivity contribution in [3.63, 3.8) is 0 Å². The summed E-state index contributed by atoms with van der Waals surface area (Å²) in [6, 6.07) is 10.7. The number of rotatable bonds is 6. The number of para-hydroxylation sites is 1. The molecule has 0 unspecified atom stereocenters. The average molecular weight is 478 g/mol. The first-order valence-corrected chi connectivity index (χ1v) is 11.9. The topological polar surface area (TPSA) is 84.1 Å². The molecule has 0 aliphatic carbocycles. The lowest BCUT2D eigenvalue weighted by Gasteiger charge is -2.48. The van der Waals surface area contributed by atoms with Gasteiger partial charge in [0, 0.05) is 29.1 Å². The Hall–Kier alpha value is -3.68. The van der Waals surface area contributed by atoms with Crippen LogP contribution >= 0.6 is 0 Å². The molecule has 8 heteroatoms. The molecular formula is C27H31N3O5. The molecular weight excluding hydrogens is 446 g/mol. The number of aromatic amines is 1. The molecule has 3 heterocycles. The SMILES string of the molecule is CC[C@H](C)N1CC(=O)N2[C@H](c3cc(OC)c(OC)c(OC)c3)c3[nH]c4ccccc4c3C[C@H]2C1=O.